The number of halogens is 1. The maximum Gasteiger partial charge on any atom is 0.228 e. The minimum absolute atomic E-state index is 0.350. The van der Waals surface area contributed by atoms with Crippen LogP contribution in [0, 0.1) is 5.82 Å². The lowest BCUT2D eigenvalue weighted by atomic mass is 9.72. The van der Waals surface area contributed by atoms with Crippen molar-refractivity contribution in [1.82, 2.24) is 9.80 Å². The molecule has 148 valence electrons. The van der Waals surface area contributed by atoms with Gasteiger partial charge in [0.15, 0.2) is 0 Å². The van der Waals surface area contributed by atoms with Crippen molar-refractivity contribution >= 4 is 5.91 Å². The van der Waals surface area contributed by atoms with E-state index in [0.717, 1.165) is 13.0 Å². The average Bonchev–Trinajstić information content (AvgIpc) is 2.52. The van der Waals surface area contributed by atoms with Crippen LogP contribution in [0.15, 0.2) is 24.3 Å². The summed E-state index contributed by atoms with van der Waals surface area (Å²) in [5.74, 6) is -0.786. The van der Waals surface area contributed by atoms with E-state index in [2.05, 4.69) is 37.5 Å². The highest BCUT2D eigenvalue weighted by molar-refractivity contribution is 5.86. The molecule has 1 aromatic rings. The molecule has 0 aliphatic heterocycles. The number of primary amides is 1. The summed E-state index contributed by atoms with van der Waals surface area (Å²) in [4.78, 5) is 17.0. The van der Waals surface area contributed by atoms with Crippen LogP contribution in [0.2, 0.25) is 0 Å². The maximum absolute atomic E-state index is 14.6. The molecule has 0 saturated heterocycles. The van der Waals surface area contributed by atoms with E-state index in [0.29, 0.717) is 37.0 Å². The van der Waals surface area contributed by atoms with Crippen LogP contribution in [-0.4, -0.2) is 55.0 Å². The zero-order valence-corrected chi connectivity index (χ0v) is 17.3. The lowest BCUT2D eigenvalue weighted by molar-refractivity contribution is -0.124. The largest absolute Gasteiger partial charge is 0.369 e. The summed E-state index contributed by atoms with van der Waals surface area (Å²) >= 11 is 0. The number of nitrogens with zero attached hydrogens (tertiary/aromatic N) is 2. The first kappa shape index (κ1) is 22.6. The molecule has 5 heteroatoms. The van der Waals surface area contributed by atoms with Crippen LogP contribution in [0.4, 0.5) is 4.39 Å². The monoisotopic (exact) mass is 365 g/mol. The maximum atomic E-state index is 14.6. The van der Waals surface area contributed by atoms with Gasteiger partial charge in [-0.15, -0.1) is 0 Å². The second-order valence-electron chi connectivity index (χ2n) is 8.01. The Morgan fingerprint density at radius 3 is 2.12 bits per heavy atom. The van der Waals surface area contributed by atoms with Crippen molar-refractivity contribution in [3.05, 3.63) is 35.6 Å². The molecule has 0 aliphatic carbocycles. The fourth-order valence-corrected chi connectivity index (χ4v) is 3.75. The number of carbonyl (C=O) groups is 1. The Morgan fingerprint density at radius 1 is 1.08 bits per heavy atom. The zero-order valence-electron chi connectivity index (χ0n) is 17.3. The van der Waals surface area contributed by atoms with Gasteiger partial charge in [0.25, 0.3) is 0 Å². The Morgan fingerprint density at radius 2 is 1.65 bits per heavy atom. The van der Waals surface area contributed by atoms with Gasteiger partial charge in [0.1, 0.15) is 5.82 Å². The quantitative estimate of drug-likeness (QED) is 0.654. The molecule has 0 radical (unpaired) electrons. The Kier molecular flexibility index (Phi) is 8.71. The lowest BCUT2D eigenvalue weighted by Crippen LogP contribution is -2.47. The van der Waals surface area contributed by atoms with Crippen molar-refractivity contribution in [2.75, 3.05) is 27.2 Å². The Bertz CT molecular complexity index is 566. The zero-order chi connectivity index (χ0) is 19.9. The highest BCUT2D eigenvalue weighted by atomic mass is 19.1. The number of amides is 1. The van der Waals surface area contributed by atoms with Crippen LogP contribution in [0.1, 0.15) is 52.5 Å². The smallest absolute Gasteiger partial charge is 0.228 e. The summed E-state index contributed by atoms with van der Waals surface area (Å²) in [5.41, 5.74) is 5.34. The van der Waals surface area contributed by atoms with E-state index < -0.39 is 11.3 Å². The second-order valence-corrected chi connectivity index (χ2v) is 8.01. The molecular formula is C21H36FN3O. The van der Waals surface area contributed by atoms with E-state index in [4.69, 9.17) is 5.73 Å². The Hall–Kier alpha value is -1.46. The summed E-state index contributed by atoms with van der Waals surface area (Å²) in [6.45, 7) is 10.1. The van der Waals surface area contributed by atoms with Crippen LogP contribution < -0.4 is 5.73 Å². The summed E-state index contributed by atoms with van der Waals surface area (Å²) < 4.78 is 14.6. The molecular weight excluding hydrogens is 329 g/mol. The predicted molar refractivity (Wildman–Crippen MR) is 107 cm³/mol. The predicted octanol–water partition coefficient (Wildman–Crippen LogP) is 3.40. The molecule has 26 heavy (non-hydrogen) atoms. The van der Waals surface area contributed by atoms with Crippen molar-refractivity contribution in [1.29, 1.82) is 0 Å². The van der Waals surface area contributed by atoms with E-state index in [1.165, 1.54) is 6.07 Å². The van der Waals surface area contributed by atoms with E-state index in [-0.39, 0.29) is 5.82 Å². The van der Waals surface area contributed by atoms with Gasteiger partial charge in [-0.2, -0.15) is 0 Å². The third-order valence-corrected chi connectivity index (χ3v) is 5.19. The normalized spacial score (nSPS) is 14.4. The van der Waals surface area contributed by atoms with Crippen LogP contribution in [0.3, 0.4) is 0 Å². The minimum atomic E-state index is -0.983. The van der Waals surface area contributed by atoms with E-state index >= 15 is 0 Å². The molecule has 1 rings (SSSR count). The molecule has 0 aromatic heterocycles. The van der Waals surface area contributed by atoms with Crippen molar-refractivity contribution in [3.63, 3.8) is 0 Å². The van der Waals surface area contributed by atoms with Crippen molar-refractivity contribution in [2.24, 2.45) is 5.73 Å². The number of benzene rings is 1. The van der Waals surface area contributed by atoms with E-state index in [9.17, 15) is 9.18 Å². The first-order valence-corrected chi connectivity index (χ1v) is 9.57. The third-order valence-electron chi connectivity index (χ3n) is 5.19. The SMILES string of the molecule is CC(C)N(CCC(CCCN(C)C)(C(N)=O)c1ccccc1F)C(C)C. The van der Waals surface area contributed by atoms with Crippen molar-refractivity contribution in [3.8, 4) is 0 Å². The van der Waals surface area contributed by atoms with Crippen molar-refractivity contribution in [2.45, 2.75) is 64.5 Å². The van der Waals surface area contributed by atoms with E-state index in [1.54, 1.807) is 18.2 Å². The van der Waals surface area contributed by atoms with Gasteiger partial charge in [0, 0.05) is 24.2 Å². The molecule has 0 fully saturated rings. The van der Waals surface area contributed by atoms with Gasteiger partial charge >= 0.3 is 0 Å². The molecule has 0 spiro atoms. The summed E-state index contributed by atoms with van der Waals surface area (Å²) in [5, 5.41) is 0. The third kappa shape index (κ3) is 5.78. The fraction of sp³-hybridized carbons (Fsp3) is 0.667. The van der Waals surface area contributed by atoms with Gasteiger partial charge in [0.2, 0.25) is 5.91 Å². The molecule has 1 aromatic carbocycles. The lowest BCUT2D eigenvalue weighted by Gasteiger charge is -2.37. The van der Waals surface area contributed by atoms with Crippen LogP contribution in [0.25, 0.3) is 0 Å². The van der Waals surface area contributed by atoms with Gasteiger partial charge in [0.05, 0.1) is 5.41 Å². The standard InChI is InChI=1S/C21H36FN3O/c1-16(2)25(17(3)4)15-13-21(20(23)26,12-9-14-24(5)6)18-10-7-8-11-19(18)22/h7-8,10-11,16-17H,9,12-15H2,1-6H3,(H2,23,26). The molecule has 0 heterocycles. The molecule has 1 unspecified atom stereocenters. The van der Waals surface area contributed by atoms with Gasteiger partial charge < -0.3 is 10.6 Å². The topological polar surface area (TPSA) is 49.6 Å². The number of nitrogens with two attached hydrogens (primary N) is 1. The number of rotatable bonds is 11. The highest BCUT2D eigenvalue weighted by Crippen LogP contribution is 2.35. The molecule has 1 atom stereocenters. The van der Waals surface area contributed by atoms with Gasteiger partial charge in [-0.25, -0.2) is 4.39 Å². The number of hydrogen-bond acceptors (Lipinski definition) is 3. The van der Waals surface area contributed by atoms with Gasteiger partial charge in [-0.05, 0) is 73.7 Å². The molecule has 0 saturated carbocycles. The average molecular weight is 366 g/mol. The Balaban J connectivity index is 3.21. The summed E-state index contributed by atoms with van der Waals surface area (Å²) in [7, 11) is 3.99. The van der Waals surface area contributed by atoms with Crippen LogP contribution in [0.5, 0.6) is 0 Å². The number of carbonyl (C=O) groups excluding carboxylic acids is 1. The first-order chi connectivity index (χ1) is 12.1. The van der Waals surface area contributed by atoms with Crippen LogP contribution in [-0.2, 0) is 10.2 Å². The number of hydrogen-bond donors (Lipinski definition) is 1. The summed E-state index contributed by atoms with van der Waals surface area (Å²) in [6.07, 6.45) is 1.85. The molecule has 0 bridgehead atoms. The van der Waals surface area contributed by atoms with Gasteiger partial charge in [-0.3, -0.25) is 9.69 Å². The highest BCUT2D eigenvalue weighted by Gasteiger charge is 2.40. The second kappa shape index (κ2) is 10.0. The van der Waals surface area contributed by atoms with Gasteiger partial charge in [-0.1, -0.05) is 18.2 Å². The van der Waals surface area contributed by atoms with Crippen molar-refractivity contribution < 1.29 is 9.18 Å². The minimum Gasteiger partial charge on any atom is -0.369 e. The fourth-order valence-electron chi connectivity index (χ4n) is 3.75. The Labute approximate surface area is 158 Å². The first-order valence-electron chi connectivity index (χ1n) is 9.57. The molecule has 1 amide bonds. The molecule has 0 aliphatic rings. The summed E-state index contributed by atoms with van der Waals surface area (Å²) in [6, 6.07) is 7.27. The van der Waals surface area contributed by atoms with E-state index in [1.807, 2.05) is 14.1 Å². The molecule has 2 N–H and O–H groups in total. The van der Waals surface area contributed by atoms with Crippen LogP contribution >= 0.6 is 0 Å². The molecule has 4 nitrogen and oxygen atoms in total.